The Morgan fingerprint density at radius 2 is 0.653 bits per heavy atom. The number of rotatable bonds is 14. The number of H-pyrrole nitrogens is 1. The van der Waals surface area contributed by atoms with Crippen LogP contribution >= 0.6 is 116 Å². The number of para-hydroxylation sites is 6. The van der Waals surface area contributed by atoms with Gasteiger partial charge in [-0.15, -0.1) is 0 Å². The van der Waals surface area contributed by atoms with E-state index in [1.807, 2.05) is 85.2 Å². The number of carboxylic acid groups (broad SMARTS) is 2. The first-order chi connectivity index (χ1) is 59.9. The topological polar surface area (TPSA) is 190 Å². The fourth-order valence-corrected chi connectivity index (χ4v) is 14.0. The molecule has 18 aromatic rings. The molecule has 13 aromatic carbocycles. The molecule has 5 aromatic heterocycles. The number of pyridine rings is 4. The first kappa shape index (κ1) is 96.3. The summed E-state index contributed by atoms with van der Waals surface area (Å²) in [4.78, 5) is 44.4. The van der Waals surface area contributed by atoms with E-state index < -0.39 is 11.9 Å². The Morgan fingerprint density at radius 1 is 0.347 bits per heavy atom. The zero-order valence-electron chi connectivity index (χ0n) is 67.3. The van der Waals surface area contributed by atoms with Crippen LogP contribution in [0.5, 0.6) is 0 Å². The third-order valence-corrected chi connectivity index (χ3v) is 21.5. The number of aromatic amines is 1. The van der Waals surface area contributed by atoms with Crippen LogP contribution in [0, 0.1) is 10.7 Å². The molecule has 0 aliphatic rings. The number of fused-ring (bicyclic) bond motifs is 3. The zero-order chi connectivity index (χ0) is 86.8. The summed E-state index contributed by atoms with van der Waals surface area (Å²) >= 11 is 17.0. The number of nitrogens with zero attached hydrogens (tertiary/aromatic N) is 7. The number of hydrogen-bond acceptors (Lipinski definition) is 11. The Hall–Kier alpha value is -11.5. The van der Waals surface area contributed by atoms with Crippen molar-refractivity contribution in [3.05, 3.63) is 473 Å². The zero-order valence-corrected chi connectivity index (χ0v) is 80.1. The van der Waals surface area contributed by atoms with Crippen LogP contribution in [-0.4, -0.2) is 47.1 Å². The minimum Gasteiger partial charge on any atom is -0.481 e. The Kier molecular flexibility index (Phi) is 41.0. The molecule has 5 heterocycles. The van der Waals surface area contributed by atoms with Gasteiger partial charge in [-0.25, -0.2) is 0 Å². The molecule has 0 spiro atoms. The molecular weight excluding hydrogens is 2170 g/mol. The second-order valence-corrected chi connectivity index (χ2v) is 32.9. The van der Waals surface area contributed by atoms with Gasteiger partial charge >= 0.3 is 0 Å². The number of anilines is 12. The minimum absolute atomic E-state index is 0. The van der Waals surface area contributed by atoms with Crippen molar-refractivity contribution in [1.29, 1.82) is 0 Å². The first-order valence-electron chi connectivity index (χ1n) is 38.6. The number of halogens is 6. The first-order valence-corrected chi connectivity index (χ1v) is 44.2. The van der Waals surface area contributed by atoms with Gasteiger partial charge in [-0.2, -0.15) is 0 Å². The standard InChI is InChI=1S/C23H18BrN3.C23H17N3.C18H14IN.C13H12.C11H8BrN.C6H4I2.C5H5BrN2.2C2H4O2.Pd/c24-22-17-25-16-15-23(22)26-18-11-13-21(14-12-18)27(19-7-3-1-4-8-19)20-9-5-2-6-10-20;1-3-7-17(8-4-1)26(18-9-5-2-6-10-18)19-11-12-22-20(15-19)21-16-24-14-13-23(21)25-22;19-15-11-13-18(14-12-15)20(16-7-3-1-4-8-16)17-9-5-2-6-10-17;1-3-7-12(8-4-1)11-13-9-5-2-6-10-13;12-11-3-1-9(2-4-11)10-5-7-13-8-6-10;7-5-1-2-6(8)4-3-5;6-4-3-8-2-1-5(4)7;2*1-2(3)4;/h1-17H,(H,25,26);1-16,25H;1-14H;1-10H,11H2;1-8H;1-4H;1-3H,(H2,7,8);2*1H3,(H,3,4);. The summed E-state index contributed by atoms with van der Waals surface area (Å²) in [6, 6.07) is 133. The van der Waals surface area contributed by atoms with Crippen LogP contribution in [0.3, 0.4) is 0 Å². The molecule has 14 nitrogen and oxygen atoms in total. The molecular formula is C103H86Br3I3N10O4Pd. The van der Waals surface area contributed by atoms with Crippen molar-refractivity contribution in [3.63, 3.8) is 0 Å². The predicted octanol–water partition coefficient (Wildman–Crippen LogP) is 30.3. The third-order valence-electron chi connectivity index (χ3n) is 17.5. The van der Waals surface area contributed by atoms with E-state index >= 15 is 0 Å². The van der Waals surface area contributed by atoms with Crippen LogP contribution in [0.15, 0.2) is 451 Å². The molecule has 0 aliphatic carbocycles. The van der Waals surface area contributed by atoms with Gasteiger partial charge in [0.1, 0.15) is 0 Å². The Morgan fingerprint density at radius 3 is 1.03 bits per heavy atom. The maximum Gasteiger partial charge on any atom is 0.300 e. The molecule has 124 heavy (non-hydrogen) atoms. The Bertz CT molecular complexity index is 5900. The van der Waals surface area contributed by atoms with Crippen molar-refractivity contribution in [2.24, 2.45) is 0 Å². The molecule has 0 amide bonds. The van der Waals surface area contributed by atoms with E-state index in [-0.39, 0.29) is 20.4 Å². The average Bonchev–Trinajstić information content (AvgIpc) is 1.60. The van der Waals surface area contributed by atoms with Crippen LogP contribution in [-0.2, 0) is 36.4 Å². The second kappa shape index (κ2) is 52.8. The summed E-state index contributed by atoms with van der Waals surface area (Å²) in [6.45, 7) is 2.17. The van der Waals surface area contributed by atoms with Crippen LogP contribution in [0.25, 0.3) is 32.9 Å². The van der Waals surface area contributed by atoms with Crippen LogP contribution in [0.4, 0.5) is 68.2 Å². The summed E-state index contributed by atoms with van der Waals surface area (Å²) in [7, 11) is 0. The van der Waals surface area contributed by atoms with Crippen LogP contribution in [0.1, 0.15) is 25.0 Å². The molecule has 6 N–H and O–H groups in total. The number of aromatic nitrogens is 5. The summed E-state index contributed by atoms with van der Waals surface area (Å²) in [5.74, 6) is -1.67. The van der Waals surface area contributed by atoms with E-state index in [1.54, 1.807) is 43.2 Å². The molecule has 21 heteroatoms. The largest absolute Gasteiger partial charge is 0.481 e. The normalized spacial score (nSPS) is 9.90. The molecule has 0 bridgehead atoms. The van der Waals surface area contributed by atoms with Crippen LogP contribution in [0.2, 0.25) is 0 Å². The third kappa shape index (κ3) is 32.3. The summed E-state index contributed by atoms with van der Waals surface area (Å²) < 4.78 is 6.72. The van der Waals surface area contributed by atoms with Gasteiger partial charge in [-0.05, 0) is 335 Å². The summed E-state index contributed by atoms with van der Waals surface area (Å²) in [6.07, 6.45) is 15.2. The van der Waals surface area contributed by atoms with Crippen molar-refractivity contribution in [1.82, 2.24) is 24.9 Å². The number of benzene rings is 13. The maximum atomic E-state index is 9.00. The van der Waals surface area contributed by atoms with Gasteiger partial charge in [0.25, 0.3) is 11.9 Å². The number of nitrogen functional groups attached to an aromatic ring is 1. The van der Waals surface area contributed by atoms with E-state index in [0.29, 0.717) is 0 Å². The van der Waals surface area contributed by atoms with Crippen molar-refractivity contribution in [3.8, 4) is 11.1 Å². The predicted molar refractivity (Wildman–Crippen MR) is 546 cm³/mol. The number of hydrogen-bond donors (Lipinski definition) is 5. The van der Waals surface area contributed by atoms with Crippen molar-refractivity contribution >= 4 is 218 Å². The van der Waals surface area contributed by atoms with Gasteiger partial charge in [0.15, 0.2) is 0 Å². The number of nitrogens with two attached hydrogens (primary N) is 1. The Labute approximate surface area is 804 Å². The van der Waals surface area contributed by atoms with Crippen molar-refractivity contribution < 1.29 is 40.2 Å². The fourth-order valence-electron chi connectivity index (χ4n) is 12.0. The van der Waals surface area contributed by atoms with E-state index in [0.717, 1.165) is 101 Å². The number of carboxylic acids is 2. The molecule has 18 rings (SSSR count). The molecule has 0 unspecified atom stereocenters. The smallest absolute Gasteiger partial charge is 0.300 e. The SMILES string of the molecule is Brc1ccc(-c2ccncc2)cc1.Brc1cnccc1Nc1ccc(N(c2ccccc2)c2ccccc2)cc1.CC(=O)O.CC(=O)O.Ic1ccc(I)cc1.Ic1ccc(N(c2ccccc2)c2ccccc2)cc1.Nc1ccncc1Br.[Pd].c1ccc(Cc2ccccc2)cc1.c1ccc(N(c2ccccc2)c2ccc3[nH]c4ccncc4c3c2)cc1. The molecule has 0 atom stereocenters. The van der Waals surface area contributed by atoms with E-state index in [1.165, 1.54) is 55.4 Å². The molecule has 0 aliphatic heterocycles. The fraction of sp³-hybridized carbons (Fsp3) is 0.0291. The summed E-state index contributed by atoms with van der Waals surface area (Å²) in [5.41, 5.74) is 25.8. The monoisotopic (exact) mass is 2250 g/mol. The number of carbonyl (C=O) groups is 2. The van der Waals surface area contributed by atoms with Gasteiger partial charge in [0, 0.05) is 183 Å². The molecule has 0 saturated carbocycles. The molecule has 0 saturated heterocycles. The van der Waals surface area contributed by atoms with Gasteiger partial charge in [0.2, 0.25) is 0 Å². The van der Waals surface area contributed by atoms with E-state index in [9.17, 15) is 0 Å². The van der Waals surface area contributed by atoms with E-state index in [2.05, 4.69) is 470 Å². The van der Waals surface area contributed by atoms with E-state index in [4.69, 9.17) is 25.5 Å². The average molecular weight is 2250 g/mol. The van der Waals surface area contributed by atoms with Gasteiger partial charge in [-0.3, -0.25) is 29.5 Å². The maximum absolute atomic E-state index is 9.00. The summed E-state index contributed by atoms with van der Waals surface area (Å²) in [5, 5.41) is 20.6. The molecule has 0 radical (unpaired) electrons. The number of aliphatic carboxylic acids is 2. The number of nitrogens with one attached hydrogen (secondary N) is 2. The molecule has 0 fully saturated rings. The van der Waals surface area contributed by atoms with Gasteiger partial charge in [-0.1, -0.05) is 198 Å². The Balaban J connectivity index is 0.000000167. The second-order valence-electron chi connectivity index (χ2n) is 26.6. The quantitative estimate of drug-likeness (QED) is 0.0511. The van der Waals surface area contributed by atoms with Crippen molar-refractivity contribution in [2.75, 3.05) is 25.8 Å². The molecule has 624 valence electrons. The van der Waals surface area contributed by atoms with Crippen LogP contribution < -0.4 is 25.8 Å². The minimum atomic E-state index is -0.833. The van der Waals surface area contributed by atoms with Gasteiger partial charge < -0.3 is 40.9 Å². The van der Waals surface area contributed by atoms with Gasteiger partial charge in [0.05, 0.1) is 14.6 Å². The van der Waals surface area contributed by atoms with Crippen molar-refractivity contribution in [2.45, 2.75) is 20.3 Å².